The normalized spacial score (nSPS) is 17.5. The van der Waals surface area contributed by atoms with Gasteiger partial charge in [0, 0.05) is 25.7 Å². The maximum Gasteiger partial charge on any atom is 0.273 e. The van der Waals surface area contributed by atoms with Crippen molar-refractivity contribution in [3.8, 4) is 0 Å². The van der Waals surface area contributed by atoms with Gasteiger partial charge in [0.2, 0.25) is 5.91 Å². The van der Waals surface area contributed by atoms with Gasteiger partial charge < -0.3 is 14.7 Å². The smallest absolute Gasteiger partial charge is 0.273 e. The summed E-state index contributed by atoms with van der Waals surface area (Å²) < 4.78 is 4.65. The largest absolute Gasteiger partial charge is 0.364 e. The van der Waals surface area contributed by atoms with Gasteiger partial charge in [-0.1, -0.05) is 5.16 Å². The first-order valence-corrected chi connectivity index (χ1v) is 7.63. The van der Waals surface area contributed by atoms with Crippen LogP contribution in [-0.4, -0.2) is 66.5 Å². The predicted molar refractivity (Wildman–Crippen MR) is 81.3 cm³/mol. The Morgan fingerprint density at radius 2 is 2.14 bits per heavy atom. The lowest BCUT2D eigenvalue weighted by Crippen LogP contribution is -2.48. The van der Waals surface area contributed by atoms with Gasteiger partial charge in [0.15, 0.2) is 5.69 Å². The molecule has 2 amide bonds. The number of nitrogens with one attached hydrogen (secondary N) is 1. The highest BCUT2D eigenvalue weighted by molar-refractivity contribution is 5.91. The van der Waals surface area contributed by atoms with Gasteiger partial charge in [-0.05, 0) is 39.8 Å². The molecule has 1 atom stereocenters. The van der Waals surface area contributed by atoms with E-state index in [0.29, 0.717) is 18.2 Å². The molecule has 0 saturated carbocycles. The predicted octanol–water partition coefficient (Wildman–Crippen LogP) is 0.593. The molecule has 0 aromatic carbocycles. The minimum Gasteiger partial charge on any atom is -0.364 e. The van der Waals surface area contributed by atoms with E-state index in [0.717, 1.165) is 25.9 Å². The first-order chi connectivity index (χ1) is 10.5. The van der Waals surface area contributed by atoms with E-state index < -0.39 is 0 Å². The molecule has 1 aliphatic rings. The Bertz CT molecular complexity index is 493. The third kappa shape index (κ3) is 4.07. The van der Waals surface area contributed by atoms with Crippen LogP contribution in [0.3, 0.4) is 0 Å². The minimum absolute atomic E-state index is 0.0941. The summed E-state index contributed by atoms with van der Waals surface area (Å²) in [4.78, 5) is 27.9. The molecule has 7 heteroatoms. The van der Waals surface area contributed by atoms with E-state index >= 15 is 0 Å². The summed E-state index contributed by atoms with van der Waals surface area (Å²) >= 11 is 0. The number of aromatic nitrogens is 1. The molecule has 7 nitrogen and oxygen atoms in total. The summed E-state index contributed by atoms with van der Waals surface area (Å²) in [6, 6.07) is 1.45. The molecule has 0 radical (unpaired) electrons. The first-order valence-electron chi connectivity index (χ1n) is 7.63. The number of piperidine rings is 1. The fourth-order valence-electron chi connectivity index (χ4n) is 2.50. The summed E-state index contributed by atoms with van der Waals surface area (Å²) in [5.74, 6) is 0.359. The van der Waals surface area contributed by atoms with Crippen LogP contribution < -0.4 is 5.32 Å². The van der Waals surface area contributed by atoms with Gasteiger partial charge in [0.1, 0.15) is 6.26 Å². The zero-order chi connectivity index (χ0) is 16.1. The molecule has 1 aromatic rings. The van der Waals surface area contributed by atoms with Crippen LogP contribution in [0.5, 0.6) is 0 Å². The van der Waals surface area contributed by atoms with Crippen molar-refractivity contribution in [2.24, 2.45) is 5.92 Å². The number of nitrogens with zero attached hydrogens (tertiary/aromatic N) is 3. The Kier molecular flexibility index (Phi) is 5.54. The summed E-state index contributed by atoms with van der Waals surface area (Å²) in [6.07, 6.45) is 3.20. The SMILES string of the molecule is CC(C(=O)N1CCC(CNC(=O)c2ccon2)CC1)N(C)C. The average molecular weight is 308 g/mol. The highest BCUT2D eigenvalue weighted by Gasteiger charge is 2.27. The van der Waals surface area contributed by atoms with E-state index in [1.807, 2.05) is 30.8 Å². The Labute approximate surface area is 130 Å². The van der Waals surface area contributed by atoms with Gasteiger partial charge >= 0.3 is 0 Å². The number of likely N-dealkylation sites (N-methyl/N-ethyl adjacent to an activating group) is 1. The van der Waals surface area contributed by atoms with Crippen LogP contribution in [0.25, 0.3) is 0 Å². The third-order valence-corrected chi connectivity index (χ3v) is 4.28. The summed E-state index contributed by atoms with van der Waals surface area (Å²) in [6.45, 7) is 4.03. The number of carbonyl (C=O) groups excluding carboxylic acids is 2. The molecule has 0 aliphatic carbocycles. The van der Waals surface area contributed by atoms with Crippen LogP contribution >= 0.6 is 0 Å². The molecule has 2 rings (SSSR count). The highest BCUT2D eigenvalue weighted by atomic mass is 16.5. The molecule has 1 fully saturated rings. The number of rotatable bonds is 5. The van der Waals surface area contributed by atoms with E-state index in [1.54, 1.807) is 6.07 Å². The van der Waals surface area contributed by atoms with Crippen LogP contribution in [0.15, 0.2) is 16.9 Å². The van der Waals surface area contributed by atoms with Gasteiger partial charge in [-0.2, -0.15) is 0 Å². The fourth-order valence-corrected chi connectivity index (χ4v) is 2.50. The van der Waals surface area contributed by atoms with Crippen LogP contribution in [0.1, 0.15) is 30.3 Å². The summed E-state index contributed by atoms with van der Waals surface area (Å²) in [5, 5.41) is 6.47. The lowest BCUT2D eigenvalue weighted by molar-refractivity contribution is -0.136. The number of amides is 2. The van der Waals surface area contributed by atoms with Crippen molar-refractivity contribution in [3.63, 3.8) is 0 Å². The third-order valence-electron chi connectivity index (χ3n) is 4.28. The van der Waals surface area contributed by atoms with E-state index in [2.05, 4.69) is 15.0 Å². The molecule has 0 bridgehead atoms. The van der Waals surface area contributed by atoms with Gasteiger partial charge in [0.25, 0.3) is 5.91 Å². The molecule has 1 unspecified atom stereocenters. The number of carbonyl (C=O) groups is 2. The van der Waals surface area contributed by atoms with Gasteiger partial charge in [0.05, 0.1) is 6.04 Å². The zero-order valence-corrected chi connectivity index (χ0v) is 13.4. The molecular weight excluding hydrogens is 284 g/mol. The highest BCUT2D eigenvalue weighted by Crippen LogP contribution is 2.17. The van der Waals surface area contributed by atoms with Crippen LogP contribution in [-0.2, 0) is 4.79 Å². The number of hydrogen-bond acceptors (Lipinski definition) is 5. The average Bonchev–Trinajstić information content (AvgIpc) is 3.06. The Hall–Kier alpha value is -1.89. The van der Waals surface area contributed by atoms with Crippen LogP contribution in [0.4, 0.5) is 0 Å². The van der Waals surface area contributed by atoms with E-state index in [-0.39, 0.29) is 17.9 Å². The van der Waals surface area contributed by atoms with Crippen molar-refractivity contribution in [2.45, 2.75) is 25.8 Å². The van der Waals surface area contributed by atoms with Crippen LogP contribution in [0, 0.1) is 5.92 Å². The lowest BCUT2D eigenvalue weighted by atomic mass is 9.96. The van der Waals surface area contributed by atoms with E-state index in [1.165, 1.54) is 6.26 Å². The zero-order valence-electron chi connectivity index (χ0n) is 13.4. The monoisotopic (exact) mass is 308 g/mol. The van der Waals surface area contributed by atoms with E-state index in [9.17, 15) is 9.59 Å². The lowest BCUT2D eigenvalue weighted by Gasteiger charge is -2.34. The first kappa shape index (κ1) is 16.5. The molecule has 1 aromatic heterocycles. The van der Waals surface area contributed by atoms with Gasteiger partial charge in [-0.15, -0.1) is 0 Å². The van der Waals surface area contributed by atoms with Crippen LogP contribution in [0.2, 0.25) is 0 Å². The van der Waals surface area contributed by atoms with E-state index in [4.69, 9.17) is 0 Å². The number of hydrogen-bond donors (Lipinski definition) is 1. The molecule has 1 aliphatic heterocycles. The van der Waals surface area contributed by atoms with Crippen molar-refractivity contribution in [1.29, 1.82) is 0 Å². The molecule has 0 spiro atoms. The van der Waals surface area contributed by atoms with Crippen molar-refractivity contribution in [1.82, 2.24) is 20.3 Å². The topological polar surface area (TPSA) is 78.7 Å². The molecule has 2 heterocycles. The maximum atomic E-state index is 12.3. The van der Waals surface area contributed by atoms with Crippen molar-refractivity contribution in [2.75, 3.05) is 33.7 Å². The molecular formula is C15H24N4O3. The summed E-state index contributed by atoms with van der Waals surface area (Å²) in [5.41, 5.74) is 0.299. The standard InChI is InChI=1S/C15H24N4O3/c1-11(18(2)3)15(21)19-7-4-12(5-8-19)10-16-14(20)13-6-9-22-17-13/h6,9,11-12H,4-5,7-8,10H2,1-3H3,(H,16,20). The molecule has 1 saturated heterocycles. The fraction of sp³-hybridized carbons (Fsp3) is 0.667. The molecule has 1 N–H and O–H groups in total. The van der Waals surface area contributed by atoms with Gasteiger partial charge in [-0.3, -0.25) is 14.5 Å². The Morgan fingerprint density at radius 3 is 2.68 bits per heavy atom. The molecule has 122 valence electrons. The van der Waals surface area contributed by atoms with Crippen molar-refractivity contribution in [3.05, 3.63) is 18.0 Å². The molecule has 22 heavy (non-hydrogen) atoms. The second-order valence-electron chi connectivity index (χ2n) is 6.00. The minimum atomic E-state index is -0.214. The maximum absolute atomic E-state index is 12.3. The van der Waals surface area contributed by atoms with Gasteiger partial charge in [-0.25, -0.2) is 0 Å². The summed E-state index contributed by atoms with van der Waals surface area (Å²) in [7, 11) is 3.82. The Balaban J connectivity index is 1.73. The number of likely N-dealkylation sites (tertiary alicyclic amines) is 1. The van der Waals surface area contributed by atoms with Crippen molar-refractivity contribution >= 4 is 11.8 Å². The Morgan fingerprint density at radius 1 is 1.45 bits per heavy atom. The van der Waals surface area contributed by atoms with Crippen molar-refractivity contribution < 1.29 is 14.1 Å². The second kappa shape index (κ2) is 7.40. The second-order valence-corrected chi connectivity index (χ2v) is 6.00. The quantitative estimate of drug-likeness (QED) is 0.861.